The number of hydrogen-bond donors (Lipinski definition) is 2. The van der Waals surface area contributed by atoms with E-state index in [0.29, 0.717) is 13.0 Å². The summed E-state index contributed by atoms with van der Waals surface area (Å²) in [4.78, 5) is 0. The molecule has 6 heavy (non-hydrogen) atoms. The highest BCUT2D eigenvalue weighted by molar-refractivity contribution is 4.34. The van der Waals surface area contributed by atoms with E-state index in [-0.39, 0.29) is 6.61 Å². The number of aliphatic hydroxyl groups is 1. The summed E-state index contributed by atoms with van der Waals surface area (Å²) < 4.78 is 20.0. The van der Waals surface area contributed by atoms with Gasteiger partial charge < -0.3 is 10.4 Å². The zero-order valence-corrected chi connectivity index (χ0v) is 3.57. The van der Waals surface area contributed by atoms with Crippen LogP contribution >= 0.6 is 0 Å². The fraction of sp³-hybridized carbons (Fsp3) is 1.00. The van der Waals surface area contributed by atoms with Crippen LogP contribution in [0.1, 0.15) is 10.5 Å². The zero-order chi connectivity index (χ0) is 7.33. The summed E-state index contributed by atoms with van der Waals surface area (Å²) in [6.07, 6.45) is 0.485. The fourth-order valence-electron chi connectivity index (χ4n) is 0.167. The normalized spacial score (nSPS) is 18.5. The Kier molecular flexibility index (Phi) is 1.87. The van der Waals surface area contributed by atoms with Gasteiger partial charge in [0.2, 0.25) is 0 Å². The standard InChI is InChI=1S/C4H11NO/c1-5-3-2-4-6/h5-6H,2-4H2,1H3/i1D3. The molecule has 0 fully saturated rings. The predicted molar refractivity (Wildman–Crippen MR) is 25.6 cm³/mol. The molecular formula is C4H11NO. The molecule has 0 aromatic carbocycles. The van der Waals surface area contributed by atoms with Gasteiger partial charge in [-0.2, -0.15) is 0 Å². The van der Waals surface area contributed by atoms with E-state index < -0.39 is 6.98 Å². The summed E-state index contributed by atoms with van der Waals surface area (Å²) in [7, 11) is 0. The third-order valence-corrected chi connectivity index (χ3v) is 0.460. The van der Waals surface area contributed by atoms with Gasteiger partial charge in [0.15, 0.2) is 0 Å². The van der Waals surface area contributed by atoms with Crippen molar-refractivity contribution in [2.24, 2.45) is 0 Å². The van der Waals surface area contributed by atoms with Gasteiger partial charge in [-0.1, -0.05) is 0 Å². The monoisotopic (exact) mass is 92.1 g/mol. The number of hydrogen-bond acceptors (Lipinski definition) is 2. The molecule has 0 saturated heterocycles. The summed E-state index contributed by atoms with van der Waals surface area (Å²) in [5, 5.41) is 10.5. The molecule has 0 atom stereocenters. The van der Waals surface area contributed by atoms with E-state index in [4.69, 9.17) is 9.22 Å². The van der Waals surface area contributed by atoms with E-state index in [0.717, 1.165) is 0 Å². The van der Waals surface area contributed by atoms with Gasteiger partial charge in [-0.3, -0.25) is 0 Å². The van der Waals surface area contributed by atoms with Gasteiger partial charge in [-0.25, -0.2) is 0 Å². The SMILES string of the molecule is [2H]C([2H])([2H])NCCCO. The van der Waals surface area contributed by atoms with Gasteiger partial charge in [0, 0.05) is 10.7 Å². The van der Waals surface area contributed by atoms with Crippen molar-refractivity contribution in [3.05, 3.63) is 0 Å². The minimum Gasteiger partial charge on any atom is -0.396 e. The van der Waals surface area contributed by atoms with Crippen molar-refractivity contribution in [2.75, 3.05) is 20.1 Å². The van der Waals surface area contributed by atoms with Crippen LogP contribution in [0.25, 0.3) is 0 Å². The topological polar surface area (TPSA) is 32.3 Å². The Morgan fingerprint density at radius 1 is 2.00 bits per heavy atom. The number of nitrogens with one attached hydrogen (secondary N) is 1. The van der Waals surface area contributed by atoms with Gasteiger partial charge in [0.1, 0.15) is 0 Å². The molecule has 0 aliphatic carbocycles. The molecule has 0 aliphatic heterocycles. The Balaban J connectivity index is 3.07. The van der Waals surface area contributed by atoms with Crippen molar-refractivity contribution < 1.29 is 9.22 Å². The van der Waals surface area contributed by atoms with Crippen molar-refractivity contribution in [2.45, 2.75) is 6.42 Å². The molecular weight excluding hydrogens is 78.0 g/mol. The average Bonchev–Trinajstić information content (AvgIpc) is 1.63. The first-order valence-corrected chi connectivity index (χ1v) is 1.92. The van der Waals surface area contributed by atoms with Crippen LogP contribution in [0.2, 0.25) is 0 Å². The summed E-state index contributed by atoms with van der Waals surface area (Å²) in [6.45, 7) is -1.69. The Hall–Kier alpha value is -0.0800. The van der Waals surface area contributed by atoms with Crippen LogP contribution in [0.5, 0.6) is 0 Å². The lowest BCUT2D eigenvalue weighted by atomic mass is 10.5. The maximum atomic E-state index is 8.24. The highest BCUT2D eigenvalue weighted by Gasteiger charge is 1.74. The second-order valence-corrected chi connectivity index (χ2v) is 1.00. The predicted octanol–water partition coefficient (Wildman–Crippen LogP) is -0.412. The molecule has 38 valence electrons. The van der Waals surface area contributed by atoms with E-state index in [1.54, 1.807) is 0 Å². The molecule has 0 rings (SSSR count). The van der Waals surface area contributed by atoms with Gasteiger partial charge in [-0.05, 0) is 19.9 Å². The summed E-state index contributed by atoms with van der Waals surface area (Å²) in [6, 6.07) is 0. The highest BCUT2D eigenvalue weighted by atomic mass is 16.3. The van der Waals surface area contributed by atoms with Crippen molar-refractivity contribution in [1.29, 1.82) is 0 Å². The Bertz CT molecular complexity index is 72.7. The van der Waals surface area contributed by atoms with Crippen LogP contribution in [0.4, 0.5) is 0 Å². The number of rotatable bonds is 3. The van der Waals surface area contributed by atoms with Crippen LogP contribution in [0.15, 0.2) is 0 Å². The Labute approximate surface area is 42.4 Å². The third-order valence-electron chi connectivity index (χ3n) is 0.460. The molecule has 2 heteroatoms. The molecule has 0 amide bonds. The molecule has 0 radical (unpaired) electrons. The maximum absolute atomic E-state index is 8.24. The van der Waals surface area contributed by atoms with Crippen molar-refractivity contribution in [3.63, 3.8) is 0 Å². The van der Waals surface area contributed by atoms with Gasteiger partial charge in [-0.15, -0.1) is 0 Å². The molecule has 0 saturated carbocycles. The smallest absolute Gasteiger partial charge is 0.0443 e. The molecule has 0 spiro atoms. The van der Waals surface area contributed by atoms with E-state index in [2.05, 4.69) is 5.32 Å². The van der Waals surface area contributed by atoms with Crippen molar-refractivity contribution in [1.82, 2.24) is 5.32 Å². The van der Waals surface area contributed by atoms with E-state index in [9.17, 15) is 0 Å². The summed E-state index contributed by atoms with van der Waals surface area (Å²) >= 11 is 0. The minimum atomic E-state index is -2.06. The van der Waals surface area contributed by atoms with E-state index >= 15 is 0 Å². The molecule has 0 heterocycles. The average molecular weight is 92.2 g/mol. The molecule has 2 nitrogen and oxygen atoms in total. The second-order valence-electron chi connectivity index (χ2n) is 1.00. The lowest BCUT2D eigenvalue weighted by Gasteiger charge is -1.89. The highest BCUT2D eigenvalue weighted by Crippen LogP contribution is 1.66. The van der Waals surface area contributed by atoms with Crippen LogP contribution in [0, 0.1) is 0 Å². The molecule has 0 aliphatic rings. The van der Waals surface area contributed by atoms with Crippen LogP contribution in [0.3, 0.4) is 0 Å². The first kappa shape index (κ1) is 2.28. The third kappa shape index (κ3) is 3.92. The van der Waals surface area contributed by atoms with E-state index in [1.807, 2.05) is 0 Å². The molecule has 0 aromatic rings. The maximum Gasteiger partial charge on any atom is 0.0443 e. The molecule has 2 N–H and O–H groups in total. The van der Waals surface area contributed by atoms with Gasteiger partial charge in [0.05, 0.1) is 0 Å². The van der Waals surface area contributed by atoms with Gasteiger partial charge >= 0.3 is 0 Å². The number of aliphatic hydroxyl groups excluding tert-OH is 1. The minimum absolute atomic E-state index is 0.0308. The van der Waals surface area contributed by atoms with Crippen LogP contribution in [-0.2, 0) is 0 Å². The van der Waals surface area contributed by atoms with E-state index in [1.165, 1.54) is 0 Å². The van der Waals surface area contributed by atoms with Crippen LogP contribution < -0.4 is 5.32 Å². The zero-order valence-electron chi connectivity index (χ0n) is 6.57. The lowest BCUT2D eigenvalue weighted by molar-refractivity contribution is 0.287. The Morgan fingerprint density at radius 3 is 3.33 bits per heavy atom. The van der Waals surface area contributed by atoms with Gasteiger partial charge in [0.25, 0.3) is 0 Å². The van der Waals surface area contributed by atoms with Crippen LogP contribution in [-0.4, -0.2) is 25.2 Å². The Morgan fingerprint density at radius 2 is 2.83 bits per heavy atom. The summed E-state index contributed by atoms with van der Waals surface area (Å²) in [5.74, 6) is 0. The largest absolute Gasteiger partial charge is 0.396 e. The lowest BCUT2D eigenvalue weighted by Crippen LogP contribution is -2.08. The second kappa shape index (κ2) is 4.92. The summed E-state index contributed by atoms with van der Waals surface area (Å²) in [5.41, 5.74) is 0. The molecule has 0 aromatic heterocycles. The molecule has 0 unspecified atom stereocenters. The quantitative estimate of drug-likeness (QED) is 0.464. The van der Waals surface area contributed by atoms with Crippen molar-refractivity contribution in [3.8, 4) is 0 Å². The first-order valence-electron chi connectivity index (χ1n) is 3.42. The fourth-order valence-corrected chi connectivity index (χ4v) is 0.167. The first-order chi connectivity index (χ1) is 4.06. The van der Waals surface area contributed by atoms with Crippen molar-refractivity contribution >= 4 is 0 Å². The molecule has 0 bridgehead atoms.